The lowest BCUT2D eigenvalue weighted by Crippen LogP contribution is -2.46. The lowest BCUT2D eigenvalue weighted by atomic mass is 10.1. The lowest BCUT2D eigenvalue weighted by Gasteiger charge is -2.36. The van der Waals surface area contributed by atoms with Crippen molar-refractivity contribution < 1.29 is 35.1 Å². The van der Waals surface area contributed by atoms with Gasteiger partial charge in [-0.2, -0.15) is 22.6 Å². The Hall–Kier alpha value is -3.56. The number of ether oxygens (including phenoxy) is 1. The van der Waals surface area contributed by atoms with Crippen LogP contribution in [-0.2, 0) is 20.9 Å². The van der Waals surface area contributed by atoms with E-state index < -0.39 is 58.1 Å². The highest BCUT2D eigenvalue weighted by atomic mass is 32.2. The summed E-state index contributed by atoms with van der Waals surface area (Å²) in [5.41, 5.74) is 4.50. The highest BCUT2D eigenvalue weighted by Crippen LogP contribution is 2.39. The highest BCUT2D eigenvalue weighted by molar-refractivity contribution is 7.89. The Morgan fingerprint density at radius 2 is 1.87 bits per heavy atom. The number of nitrogen functional groups attached to an aromatic ring is 1. The van der Waals surface area contributed by atoms with Crippen molar-refractivity contribution in [2.75, 3.05) is 25.9 Å². The van der Waals surface area contributed by atoms with Crippen molar-refractivity contribution in [3.05, 3.63) is 72.1 Å². The number of anilines is 1. The molecule has 1 unspecified atom stereocenters. The maximum Gasteiger partial charge on any atom is 0.418 e. The molecule has 2 aliphatic rings. The fraction of sp³-hybridized carbons (Fsp3) is 0.304. The van der Waals surface area contributed by atoms with Gasteiger partial charge in [0.05, 0.1) is 22.2 Å². The van der Waals surface area contributed by atoms with Crippen LogP contribution < -0.4 is 5.73 Å². The van der Waals surface area contributed by atoms with Crippen molar-refractivity contribution in [3.63, 3.8) is 0 Å². The van der Waals surface area contributed by atoms with E-state index in [1.165, 1.54) is 30.4 Å². The first-order valence-corrected chi connectivity index (χ1v) is 12.7. The van der Waals surface area contributed by atoms with E-state index in [0.717, 1.165) is 45.5 Å². The molecule has 4 heterocycles. The van der Waals surface area contributed by atoms with Gasteiger partial charge in [0.2, 0.25) is 10.0 Å². The van der Waals surface area contributed by atoms with E-state index in [4.69, 9.17) is 10.5 Å². The number of sulfonamides is 1. The minimum atomic E-state index is -4.75. The zero-order chi connectivity index (χ0) is 27.4. The van der Waals surface area contributed by atoms with Crippen LogP contribution in [0.1, 0.15) is 11.3 Å². The molecular weight excluding hydrogens is 535 g/mol. The minimum Gasteiger partial charge on any atom is -0.382 e. The van der Waals surface area contributed by atoms with Crippen molar-refractivity contribution in [2.24, 2.45) is 0 Å². The number of fused-ring (bicyclic) bond motifs is 1. The maximum atomic E-state index is 15.3. The Morgan fingerprint density at radius 1 is 1.16 bits per heavy atom. The molecule has 9 nitrogen and oxygen atoms in total. The molecule has 3 atom stereocenters. The first kappa shape index (κ1) is 26.1. The van der Waals surface area contributed by atoms with Crippen LogP contribution in [0.15, 0.2) is 59.9 Å². The third-order valence-electron chi connectivity index (χ3n) is 6.47. The molecule has 0 bridgehead atoms. The van der Waals surface area contributed by atoms with Gasteiger partial charge in [-0.15, -0.1) is 0 Å². The molecule has 2 N–H and O–H groups in total. The van der Waals surface area contributed by atoms with E-state index in [0.29, 0.717) is 0 Å². The van der Waals surface area contributed by atoms with Crippen molar-refractivity contribution in [1.82, 2.24) is 23.8 Å². The minimum absolute atomic E-state index is 0.0152. The molecule has 0 amide bonds. The van der Waals surface area contributed by atoms with Crippen molar-refractivity contribution in [1.29, 1.82) is 0 Å². The molecule has 5 rings (SSSR count). The smallest absolute Gasteiger partial charge is 0.382 e. The zero-order valence-electron chi connectivity index (χ0n) is 19.7. The predicted molar refractivity (Wildman–Crippen MR) is 126 cm³/mol. The third-order valence-corrected chi connectivity index (χ3v) is 8.31. The molecule has 38 heavy (non-hydrogen) atoms. The van der Waals surface area contributed by atoms with Gasteiger partial charge >= 0.3 is 6.18 Å². The summed E-state index contributed by atoms with van der Waals surface area (Å²) < 4.78 is 103. The molecule has 0 spiro atoms. The number of halogens is 5. The first-order valence-electron chi connectivity index (χ1n) is 11.2. The number of hydrogen-bond donors (Lipinski definition) is 1. The maximum absolute atomic E-state index is 15.3. The number of nitrogens with two attached hydrogens (primary N) is 1. The number of benzene rings is 1. The SMILES string of the molecule is COC1C=CC(c2cc(C(F)(F)F)c3c(N)ncnn23)=CN1[C@@H]1CN(S(=O)(=O)c2ccc(F)cc2)C[C@@H]1F. The van der Waals surface area contributed by atoms with Crippen LogP contribution >= 0.6 is 0 Å². The summed E-state index contributed by atoms with van der Waals surface area (Å²) in [6.45, 7) is -0.754. The van der Waals surface area contributed by atoms with Gasteiger partial charge < -0.3 is 15.4 Å². The summed E-state index contributed by atoms with van der Waals surface area (Å²) >= 11 is 0. The van der Waals surface area contributed by atoms with E-state index in [9.17, 15) is 26.0 Å². The normalized spacial score (nSPS) is 22.8. The molecule has 2 aromatic heterocycles. The molecular formula is C23H21F5N6O3S. The van der Waals surface area contributed by atoms with E-state index in [1.807, 2.05) is 0 Å². The van der Waals surface area contributed by atoms with Crippen LogP contribution in [0, 0.1) is 5.82 Å². The molecule has 0 radical (unpaired) electrons. The largest absolute Gasteiger partial charge is 0.418 e. The monoisotopic (exact) mass is 556 g/mol. The molecule has 1 saturated heterocycles. The van der Waals surface area contributed by atoms with E-state index in [2.05, 4.69) is 10.1 Å². The van der Waals surface area contributed by atoms with Crippen LogP contribution in [0.4, 0.5) is 27.8 Å². The van der Waals surface area contributed by atoms with Crippen LogP contribution in [0.3, 0.4) is 0 Å². The van der Waals surface area contributed by atoms with Crippen molar-refractivity contribution >= 4 is 26.9 Å². The van der Waals surface area contributed by atoms with Gasteiger partial charge in [0.15, 0.2) is 5.82 Å². The third kappa shape index (κ3) is 4.39. The number of aromatic nitrogens is 3. The fourth-order valence-corrected chi connectivity index (χ4v) is 6.10. The predicted octanol–water partition coefficient (Wildman–Crippen LogP) is 3.07. The van der Waals surface area contributed by atoms with E-state index >= 15 is 4.39 Å². The topological polar surface area (TPSA) is 106 Å². The average molecular weight is 557 g/mol. The lowest BCUT2D eigenvalue weighted by molar-refractivity contribution is -0.136. The number of rotatable bonds is 5. The van der Waals surface area contributed by atoms with E-state index in [1.54, 1.807) is 0 Å². The summed E-state index contributed by atoms with van der Waals surface area (Å²) in [5, 5.41) is 3.92. The van der Waals surface area contributed by atoms with Crippen LogP contribution in [0.2, 0.25) is 0 Å². The summed E-state index contributed by atoms with van der Waals surface area (Å²) in [4.78, 5) is 4.88. The second kappa shape index (κ2) is 9.32. The second-order valence-corrected chi connectivity index (χ2v) is 10.7. The summed E-state index contributed by atoms with van der Waals surface area (Å²) in [6.07, 6.45) is -1.82. The molecule has 1 aromatic carbocycles. The Balaban J connectivity index is 1.52. The Bertz CT molecular complexity index is 1540. The zero-order valence-corrected chi connectivity index (χ0v) is 20.5. The Morgan fingerprint density at radius 3 is 2.53 bits per heavy atom. The van der Waals surface area contributed by atoms with Gasteiger partial charge in [-0.25, -0.2) is 26.7 Å². The number of allylic oxidation sites excluding steroid dienone is 2. The molecule has 202 valence electrons. The average Bonchev–Trinajstić information content (AvgIpc) is 3.46. The first-order chi connectivity index (χ1) is 17.9. The molecule has 3 aromatic rings. The molecule has 0 saturated carbocycles. The summed E-state index contributed by atoms with van der Waals surface area (Å²) in [7, 11) is -2.78. The van der Waals surface area contributed by atoms with Crippen LogP contribution in [0.5, 0.6) is 0 Å². The second-order valence-electron chi connectivity index (χ2n) is 8.72. The molecule has 0 aliphatic carbocycles. The van der Waals surface area contributed by atoms with Crippen molar-refractivity contribution in [3.8, 4) is 0 Å². The van der Waals surface area contributed by atoms with Gasteiger partial charge in [0.25, 0.3) is 0 Å². The Kier molecular flexibility index (Phi) is 6.39. The molecule has 1 fully saturated rings. The number of methoxy groups -OCH3 is 1. The number of hydrogen-bond acceptors (Lipinski definition) is 7. The fourth-order valence-electron chi connectivity index (χ4n) is 4.64. The Labute approximate surface area is 213 Å². The van der Waals surface area contributed by atoms with Gasteiger partial charge in [-0.1, -0.05) is 6.08 Å². The van der Waals surface area contributed by atoms with Crippen LogP contribution in [0.25, 0.3) is 11.1 Å². The van der Waals surface area contributed by atoms with Gasteiger partial charge in [0, 0.05) is 32.0 Å². The standard InChI is InChI=1S/C23H21F5N6O3S/c1-37-20-7-2-13(18-8-16(23(26,27)28)21-22(29)30-12-31-34(18)21)9-33(20)19-11-32(10-17(19)25)38(35,36)15-5-3-14(24)4-6-15/h2-9,12,17,19-20H,10-11H2,1H3,(H2,29,30,31)/t17-,19+,20?/m0/s1. The quantitative estimate of drug-likeness (QED) is 0.482. The summed E-state index contributed by atoms with van der Waals surface area (Å²) in [6, 6.07) is 4.00. The number of alkyl halides is 4. The van der Waals surface area contributed by atoms with Crippen LogP contribution in [-0.4, -0.2) is 70.9 Å². The number of nitrogens with zero attached hydrogens (tertiary/aromatic N) is 5. The molecule has 15 heteroatoms. The van der Waals surface area contributed by atoms with E-state index in [-0.39, 0.29) is 28.5 Å². The van der Waals surface area contributed by atoms with Gasteiger partial charge in [0.1, 0.15) is 30.1 Å². The van der Waals surface area contributed by atoms with Gasteiger partial charge in [-0.3, -0.25) is 0 Å². The summed E-state index contributed by atoms with van der Waals surface area (Å²) in [5.74, 6) is -0.988. The molecule has 2 aliphatic heterocycles. The van der Waals surface area contributed by atoms with Gasteiger partial charge in [-0.05, 0) is 36.4 Å². The van der Waals surface area contributed by atoms with Crippen molar-refractivity contribution in [2.45, 2.75) is 29.5 Å². The highest BCUT2D eigenvalue weighted by Gasteiger charge is 2.44.